The van der Waals surface area contributed by atoms with Gasteiger partial charge in [-0.3, -0.25) is 14.5 Å². The van der Waals surface area contributed by atoms with Crippen LogP contribution in [0.2, 0.25) is 0 Å². The number of carbonyl (C=O) groups is 2. The first-order valence-corrected chi connectivity index (χ1v) is 8.70. The van der Waals surface area contributed by atoms with Crippen molar-refractivity contribution in [3.63, 3.8) is 0 Å². The number of para-hydroxylation sites is 1. The molecule has 3 aliphatic rings. The normalized spacial score (nSPS) is 24.3. The average molecular weight is 334 g/mol. The number of ether oxygens (including phenoxy) is 1. The van der Waals surface area contributed by atoms with Crippen LogP contribution in [-0.4, -0.2) is 36.0 Å². The molecule has 0 N–H and O–H groups in total. The summed E-state index contributed by atoms with van der Waals surface area (Å²) in [5, 5.41) is 0. The fourth-order valence-electron chi connectivity index (χ4n) is 4.17. The summed E-state index contributed by atoms with van der Waals surface area (Å²) in [6, 6.07) is 14.9. The van der Waals surface area contributed by atoms with Gasteiger partial charge in [0.2, 0.25) is 0 Å². The maximum atomic E-state index is 13.2. The van der Waals surface area contributed by atoms with E-state index in [2.05, 4.69) is 0 Å². The number of carbonyl (C=O) groups excluding carboxylic acids is 2. The van der Waals surface area contributed by atoms with Gasteiger partial charge in [0.1, 0.15) is 6.17 Å². The summed E-state index contributed by atoms with van der Waals surface area (Å²) in [4.78, 5) is 29.8. The minimum Gasteiger partial charge on any atom is -0.376 e. The van der Waals surface area contributed by atoms with E-state index in [4.69, 9.17) is 4.74 Å². The van der Waals surface area contributed by atoms with Gasteiger partial charge in [0.15, 0.2) is 0 Å². The largest absolute Gasteiger partial charge is 0.376 e. The van der Waals surface area contributed by atoms with Crippen molar-refractivity contribution in [3.05, 3.63) is 65.2 Å². The van der Waals surface area contributed by atoms with E-state index < -0.39 is 0 Å². The Labute approximate surface area is 145 Å². The number of hydrogen-bond donors (Lipinski definition) is 0. The Morgan fingerprint density at radius 1 is 0.960 bits per heavy atom. The van der Waals surface area contributed by atoms with Crippen molar-refractivity contribution in [2.75, 3.05) is 18.1 Å². The lowest BCUT2D eigenvalue weighted by Gasteiger charge is -2.41. The van der Waals surface area contributed by atoms with Crippen LogP contribution < -0.4 is 4.90 Å². The predicted octanol–water partition coefficient (Wildman–Crippen LogP) is 2.98. The molecular formula is C20H18N2O3. The van der Waals surface area contributed by atoms with Gasteiger partial charge in [-0.1, -0.05) is 30.3 Å². The van der Waals surface area contributed by atoms with Crippen LogP contribution >= 0.6 is 0 Å². The van der Waals surface area contributed by atoms with Crippen LogP contribution in [0.5, 0.6) is 0 Å². The number of anilines is 1. The fraction of sp³-hybridized carbons (Fsp3) is 0.300. The molecule has 5 nitrogen and oxygen atoms in total. The lowest BCUT2D eigenvalue weighted by Crippen LogP contribution is -2.50. The first-order valence-electron chi connectivity index (χ1n) is 8.70. The lowest BCUT2D eigenvalue weighted by atomic mass is 10.0. The average Bonchev–Trinajstić information content (AvgIpc) is 3.26. The number of rotatable bonds is 2. The van der Waals surface area contributed by atoms with Crippen LogP contribution in [0, 0.1) is 0 Å². The van der Waals surface area contributed by atoms with Crippen LogP contribution in [-0.2, 0) is 4.74 Å². The second-order valence-corrected chi connectivity index (χ2v) is 6.75. The third kappa shape index (κ3) is 2.05. The Morgan fingerprint density at radius 2 is 1.72 bits per heavy atom. The third-order valence-electron chi connectivity index (χ3n) is 5.31. The zero-order chi connectivity index (χ0) is 17.0. The molecule has 3 aliphatic heterocycles. The van der Waals surface area contributed by atoms with E-state index in [1.54, 1.807) is 11.0 Å². The predicted molar refractivity (Wildman–Crippen MR) is 92.4 cm³/mol. The minimum absolute atomic E-state index is 0.0307. The second-order valence-electron chi connectivity index (χ2n) is 6.75. The Kier molecular flexibility index (Phi) is 3.18. The van der Waals surface area contributed by atoms with Gasteiger partial charge in [-0.05, 0) is 31.0 Å². The van der Waals surface area contributed by atoms with Crippen LogP contribution in [0.25, 0.3) is 0 Å². The molecule has 25 heavy (non-hydrogen) atoms. The number of fused-ring (bicyclic) bond motifs is 5. The highest BCUT2D eigenvalue weighted by Gasteiger charge is 2.48. The van der Waals surface area contributed by atoms with Crippen LogP contribution in [0.3, 0.4) is 0 Å². The van der Waals surface area contributed by atoms with E-state index in [0.29, 0.717) is 23.4 Å². The summed E-state index contributed by atoms with van der Waals surface area (Å²) >= 11 is 0. The van der Waals surface area contributed by atoms with Gasteiger partial charge >= 0.3 is 0 Å². The van der Waals surface area contributed by atoms with Crippen molar-refractivity contribution in [1.29, 1.82) is 0 Å². The van der Waals surface area contributed by atoms with Gasteiger partial charge in [0, 0.05) is 24.3 Å². The zero-order valence-electron chi connectivity index (χ0n) is 13.7. The van der Waals surface area contributed by atoms with E-state index in [1.807, 2.05) is 47.4 Å². The van der Waals surface area contributed by atoms with Crippen molar-refractivity contribution >= 4 is 17.5 Å². The summed E-state index contributed by atoms with van der Waals surface area (Å²) in [5.74, 6) is -0.0743. The van der Waals surface area contributed by atoms with E-state index in [-0.39, 0.29) is 24.1 Å². The molecule has 0 aliphatic carbocycles. The second kappa shape index (κ2) is 5.43. The van der Waals surface area contributed by atoms with E-state index in [9.17, 15) is 9.59 Å². The van der Waals surface area contributed by atoms with Gasteiger partial charge in [0.05, 0.1) is 17.4 Å². The molecule has 0 aromatic heterocycles. The highest BCUT2D eigenvalue weighted by molar-refractivity contribution is 6.16. The van der Waals surface area contributed by atoms with Gasteiger partial charge in [0.25, 0.3) is 11.8 Å². The molecule has 0 radical (unpaired) electrons. The number of nitrogens with zero attached hydrogens (tertiary/aromatic N) is 2. The van der Waals surface area contributed by atoms with Crippen LogP contribution in [0.15, 0.2) is 48.5 Å². The van der Waals surface area contributed by atoms with E-state index in [0.717, 1.165) is 25.0 Å². The molecular weight excluding hydrogens is 316 g/mol. The van der Waals surface area contributed by atoms with Crippen LogP contribution in [0.1, 0.15) is 45.3 Å². The summed E-state index contributed by atoms with van der Waals surface area (Å²) in [6.07, 6.45) is 1.63. The molecule has 2 amide bonds. The standard InChI is InChI=1S/C20H18N2O3/c23-19-16-9-3-4-10-17(16)22-18(21(19)12-13-6-5-11-25-13)14-7-1-2-8-15(14)20(22)24/h1-4,7-10,13,18H,5-6,11-12H2/t13-,18-/m1/s1. The molecule has 2 aromatic carbocycles. The minimum atomic E-state index is -0.379. The van der Waals surface area contributed by atoms with Gasteiger partial charge in [-0.2, -0.15) is 0 Å². The molecule has 2 aromatic rings. The van der Waals surface area contributed by atoms with E-state index >= 15 is 0 Å². The third-order valence-corrected chi connectivity index (χ3v) is 5.31. The van der Waals surface area contributed by atoms with E-state index in [1.165, 1.54) is 0 Å². The van der Waals surface area contributed by atoms with Crippen LogP contribution in [0.4, 0.5) is 5.69 Å². The summed E-state index contributed by atoms with van der Waals surface area (Å²) < 4.78 is 5.76. The summed E-state index contributed by atoms with van der Waals surface area (Å²) in [7, 11) is 0. The molecule has 5 heteroatoms. The van der Waals surface area contributed by atoms with Gasteiger partial charge in [-0.25, -0.2) is 0 Å². The molecule has 1 fully saturated rings. The van der Waals surface area contributed by atoms with Crippen molar-refractivity contribution < 1.29 is 14.3 Å². The smallest absolute Gasteiger partial charge is 0.260 e. The van der Waals surface area contributed by atoms with Gasteiger partial charge in [-0.15, -0.1) is 0 Å². The number of hydrogen-bond acceptors (Lipinski definition) is 3. The lowest BCUT2D eigenvalue weighted by molar-refractivity contribution is 0.0392. The Morgan fingerprint density at radius 3 is 2.52 bits per heavy atom. The molecule has 3 heterocycles. The molecule has 5 rings (SSSR count). The molecule has 126 valence electrons. The Bertz CT molecular complexity index is 873. The first kappa shape index (κ1) is 14.7. The monoisotopic (exact) mass is 334 g/mol. The first-order chi connectivity index (χ1) is 12.3. The Hall–Kier alpha value is -2.66. The molecule has 0 spiro atoms. The Balaban J connectivity index is 1.66. The van der Waals surface area contributed by atoms with Crippen molar-refractivity contribution in [1.82, 2.24) is 4.90 Å². The topological polar surface area (TPSA) is 49.9 Å². The summed E-state index contributed by atoms with van der Waals surface area (Å²) in [6.45, 7) is 1.25. The van der Waals surface area contributed by atoms with Crippen molar-refractivity contribution in [3.8, 4) is 0 Å². The molecule has 0 saturated carbocycles. The van der Waals surface area contributed by atoms with Crippen molar-refractivity contribution in [2.45, 2.75) is 25.1 Å². The molecule has 0 bridgehead atoms. The summed E-state index contributed by atoms with van der Waals surface area (Å²) in [5.41, 5.74) is 2.85. The molecule has 0 unspecified atom stereocenters. The van der Waals surface area contributed by atoms with Gasteiger partial charge < -0.3 is 9.64 Å². The maximum Gasteiger partial charge on any atom is 0.260 e. The number of benzene rings is 2. The maximum absolute atomic E-state index is 13.2. The zero-order valence-corrected chi connectivity index (χ0v) is 13.7. The fourth-order valence-corrected chi connectivity index (χ4v) is 4.17. The SMILES string of the molecule is O=C1c2ccccc2N2C(=O)c3ccccc3[C@@H]2N1C[C@H]1CCCO1. The molecule has 1 saturated heterocycles. The quantitative estimate of drug-likeness (QED) is 0.848. The highest BCUT2D eigenvalue weighted by atomic mass is 16.5. The molecule has 2 atom stereocenters. The van der Waals surface area contributed by atoms with Crippen molar-refractivity contribution in [2.24, 2.45) is 0 Å². The highest BCUT2D eigenvalue weighted by Crippen LogP contribution is 2.45. The number of amides is 2.